The number of phenolic OH excluding ortho intramolecular Hbond substituents is 1. The lowest BCUT2D eigenvalue weighted by molar-refractivity contribution is -0.384. The number of rotatable bonds is 7. The molecule has 1 heterocycles. The van der Waals surface area contributed by atoms with Gasteiger partial charge in [0.15, 0.2) is 0 Å². The van der Waals surface area contributed by atoms with E-state index < -0.39 is 22.5 Å². The molecule has 0 aliphatic rings. The van der Waals surface area contributed by atoms with Crippen molar-refractivity contribution < 1.29 is 24.4 Å². The number of nitrogens with zero attached hydrogens (tertiary/aromatic N) is 3. The van der Waals surface area contributed by atoms with Crippen LogP contribution in [0.15, 0.2) is 54.1 Å². The molecule has 35 heavy (non-hydrogen) atoms. The van der Waals surface area contributed by atoms with Crippen LogP contribution in [-0.2, 0) is 9.53 Å². The van der Waals surface area contributed by atoms with Gasteiger partial charge in [-0.2, -0.15) is 5.26 Å². The van der Waals surface area contributed by atoms with Crippen LogP contribution in [0.5, 0.6) is 5.75 Å². The lowest BCUT2D eigenvalue weighted by Gasteiger charge is -2.10. The first-order valence-corrected chi connectivity index (χ1v) is 10.5. The van der Waals surface area contributed by atoms with E-state index in [1.165, 1.54) is 12.1 Å². The zero-order valence-electron chi connectivity index (χ0n) is 19.2. The maximum atomic E-state index is 12.6. The van der Waals surface area contributed by atoms with E-state index in [-0.39, 0.29) is 23.6 Å². The number of aromatic hydroxyl groups is 1. The fourth-order valence-electron chi connectivity index (χ4n) is 3.53. The number of aromatic nitrogens is 1. The number of non-ortho nitro benzene ring substituents is 1. The van der Waals surface area contributed by atoms with Gasteiger partial charge in [0, 0.05) is 23.1 Å². The van der Waals surface area contributed by atoms with E-state index in [1.54, 1.807) is 31.2 Å². The van der Waals surface area contributed by atoms with Crippen LogP contribution in [0.4, 0.5) is 11.4 Å². The molecule has 0 aliphatic heterocycles. The predicted molar refractivity (Wildman–Crippen MR) is 128 cm³/mol. The maximum Gasteiger partial charge on any atom is 0.338 e. The number of amides is 1. The molecular formula is C25H22N4O6. The third kappa shape index (κ3) is 5.36. The van der Waals surface area contributed by atoms with Crippen LogP contribution in [0.3, 0.4) is 0 Å². The topological polar surface area (TPSA) is 147 Å². The predicted octanol–water partition coefficient (Wildman–Crippen LogP) is 4.43. The summed E-state index contributed by atoms with van der Waals surface area (Å²) < 4.78 is 6.91. The molecule has 0 atom stereocenters. The Hall–Kier alpha value is -4.91. The van der Waals surface area contributed by atoms with Gasteiger partial charge in [-0.25, -0.2) is 4.79 Å². The normalized spacial score (nSPS) is 11.0. The fraction of sp³-hybridized carbons (Fsp3) is 0.160. The van der Waals surface area contributed by atoms with Crippen LogP contribution in [0, 0.1) is 35.3 Å². The third-order valence-corrected chi connectivity index (χ3v) is 5.21. The Morgan fingerprint density at radius 1 is 1.20 bits per heavy atom. The minimum atomic E-state index is -0.778. The fourth-order valence-corrected chi connectivity index (χ4v) is 3.53. The Bertz CT molecular complexity index is 1380. The van der Waals surface area contributed by atoms with Gasteiger partial charge in [-0.05, 0) is 68.8 Å². The van der Waals surface area contributed by atoms with Crippen molar-refractivity contribution in [3.05, 3.63) is 86.7 Å². The van der Waals surface area contributed by atoms with Gasteiger partial charge in [0.2, 0.25) is 0 Å². The second kappa shape index (κ2) is 10.4. The molecule has 0 radical (unpaired) electrons. The first-order valence-electron chi connectivity index (χ1n) is 10.5. The zero-order valence-corrected chi connectivity index (χ0v) is 19.2. The summed E-state index contributed by atoms with van der Waals surface area (Å²) in [5.41, 5.74) is 2.81. The largest absolute Gasteiger partial charge is 0.506 e. The Kier molecular flexibility index (Phi) is 7.31. The molecule has 1 amide bonds. The summed E-state index contributed by atoms with van der Waals surface area (Å²) in [6.45, 7) is 5.71. The first-order chi connectivity index (χ1) is 16.7. The number of nitriles is 1. The molecule has 0 saturated carbocycles. The molecule has 0 aliphatic carbocycles. The number of hydrogen-bond acceptors (Lipinski definition) is 7. The van der Waals surface area contributed by atoms with Crippen molar-refractivity contribution in [3.63, 3.8) is 0 Å². The quantitative estimate of drug-likeness (QED) is 0.128. The van der Waals surface area contributed by atoms with Gasteiger partial charge in [-0.3, -0.25) is 14.9 Å². The number of benzene rings is 2. The lowest BCUT2D eigenvalue weighted by atomic mass is 10.1. The van der Waals surface area contributed by atoms with E-state index in [9.17, 15) is 30.1 Å². The van der Waals surface area contributed by atoms with Crippen LogP contribution in [-0.4, -0.2) is 33.1 Å². The SMILES string of the molecule is CCOC(=O)c1ccc(-n2c(C)cc(/C=C(/C#N)C(=O)Nc3ccc([N+](=O)[O-])cc3O)c2C)cc1. The Labute approximate surface area is 200 Å². The molecule has 0 bridgehead atoms. The molecule has 0 saturated heterocycles. The third-order valence-electron chi connectivity index (χ3n) is 5.21. The van der Waals surface area contributed by atoms with Gasteiger partial charge < -0.3 is 19.7 Å². The second-order valence-electron chi connectivity index (χ2n) is 7.51. The summed E-state index contributed by atoms with van der Waals surface area (Å²) in [5, 5.41) is 32.7. The number of carbonyl (C=O) groups excluding carboxylic acids is 2. The molecule has 3 rings (SSSR count). The molecule has 2 N–H and O–H groups in total. The first kappa shape index (κ1) is 24.7. The highest BCUT2D eigenvalue weighted by molar-refractivity contribution is 6.10. The monoisotopic (exact) mass is 474 g/mol. The number of nitro groups is 1. The van der Waals surface area contributed by atoms with Crippen molar-refractivity contribution >= 4 is 29.3 Å². The number of ether oxygens (including phenoxy) is 1. The lowest BCUT2D eigenvalue weighted by Crippen LogP contribution is -2.13. The molecular weight excluding hydrogens is 452 g/mol. The van der Waals surface area contributed by atoms with Crippen LogP contribution in [0.25, 0.3) is 11.8 Å². The van der Waals surface area contributed by atoms with Gasteiger partial charge >= 0.3 is 5.97 Å². The Morgan fingerprint density at radius 2 is 1.89 bits per heavy atom. The molecule has 1 aromatic heterocycles. The highest BCUT2D eigenvalue weighted by Crippen LogP contribution is 2.29. The molecule has 10 heteroatoms. The van der Waals surface area contributed by atoms with Crippen LogP contribution in [0.1, 0.15) is 34.2 Å². The highest BCUT2D eigenvalue weighted by atomic mass is 16.6. The van der Waals surface area contributed by atoms with Gasteiger partial charge in [0.25, 0.3) is 11.6 Å². The molecule has 178 valence electrons. The molecule has 0 spiro atoms. The van der Waals surface area contributed by atoms with Crippen molar-refractivity contribution in [3.8, 4) is 17.5 Å². The standard InChI is InChI=1S/C25H22N4O6/c1-4-35-25(32)17-5-7-20(8-6-17)28-15(2)11-18(16(28)3)12-19(14-26)24(31)27-22-10-9-21(29(33)34)13-23(22)30/h5-13,30H,4H2,1-3H3,(H,27,31)/b19-12-. The summed E-state index contributed by atoms with van der Waals surface area (Å²) in [6.07, 6.45) is 1.42. The summed E-state index contributed by atoms with van der Waals surface area (Å²) in [6, 6.07) is 13.7. The van der Waals surface area contributed by atoms with Crippen molar-refractivity contribution in [2.24, 2.45) is 0 Å². The van der Waals surface area contributed by atoms with Gasteiger partial charge in [0.05, 0.1) is 28.8 Å². The van der Waals surface area contributed by atoms with E-state index in [2.05, 4.69) is 5.32 Å². The smallest absolute Gasteiger partial charge is 0.338 e. The number of phenols is 1. The van der Waals surface area contributed by atoms with Crippen molar-refractivity contribution in [1.82, 2.24) is 4.57 Å². The van der Waals surface area contributed by atoms with E-state index in [0.717, 1.165) is 29.2 Å². The number of hydrogen-bond donors (Lipinski definition) is 2. The van der Waals surface area contributed by atoms with Crippen LogP contribution < -0.4 is 5.32 Å². The average Bonchev–Trinajstić information content (AvgIpc) is 3.11. The summed E-state index contributed by atoms with van der Waals surface area (Å²) >= 11 is 0. The minimum Gasteiger partial charge on any atom is -0.506 e. The van der Waals surface area contributed by atoms with E-state index in [4.69, 9.17) is 4.74 Å². The number of nitro benzene ring substituents is 1. The highest BCUT2D eigenvalue weighted by Gasteiger charge is 2.17. The van der Waals surface area contributed by atoms with Crippen LogP contribution >= 0.6 is 0 Å². The second-order valence-corrected chi connectivity index (χ2v) is 7.51. The molecule has 2 aromatic carbocycles. The molecule has 3 aromatic rings. The number of carbonyl (C=O) groups is 2. The minimum absolute atomic E-state index is 0.0612. The van der Waals surface area contributed by atoms with E-state index >= 15 is 0 Å². The molecule has 10 nitrogen and oxygen atoms in total. The zero-order chi connectivity index (χ0) is 25.7. The van der Waals surface area contributed by atoms with Crippen molar-refractivity contribution in [1.29, 1.82) is 5.26 Å². The summed E-state index contributed by atoms with van der Waals surface area (Å²) in [5.74, 6) is -1.68. The Morgan fingerprint density at radius 3 is 2.46 bits per heavy atom. The summed E-state index contributed by atoms with van der Waals surface area (Å²) in [7, 11) is 0. The summed E-state index contributed by atoms with van der Waals surface area (Å²) in [4.78, 5) is 34.7. The average molecular weight is 474 g/mol. The maximum absolute atomic E-state index is 12.6. The van der Waals surface area contributed by atoms with Gasteiger partial charge in [0.1, 0.15) is 17.4 Å². The van der Waals surface area contributed by atoms with Crippen molar-refractivity contribution in [2.45, 2.75) is 20.8 Å². The van der Waals surface area contributed by atoms with Crippen molar-refractivity contribution in [2.75, 3.05) is 11.9 Å². The van der Waals surface area contributed by atoms with E-state index in [0.29, 0.717) is 11.1 Å². The van der Waals surface area contributed by atoms with Gasteiger partial charge in [-0.15, -0.1) is 0 Å². The molecule has 0 unspecified atom stereocenters. The number of aryl methyl sites for hydroxylation is 1. The Balaban J connectivity index is 1.88. The van der Waals surface area contributed by atoms with E-state index in [1.807, 2.05) is 30.6 Å². The number of anilines is 1. The number of nitrogens with one attached hydrogen (secondary N) is 1. The van der Waals surface area contributed by atoms with Crippen LogP contribution in [0.2, 0.25) is 0 Å². The van der Waals surface area contributed by atoms with Gasteiger partial charge in [-0.1, -0.05) is 0 Å². The number of esters is 1. The molecule has 0 fully saturated rings.